The molecule has 5 nitrogen and oxygen atoms in total. The summed E-state index contributed by atoms with van der Waals surface area (Å²) in [6.45, 7) is 7.08. The Morgan fingerprint density at radius 3 is 2.53 bits per heavy atom. The molecule has 0 saturated heterocycles. The van der Waals surface area contributed by atoms with Gasteiger partial charge in [0.25, 0.3) is 0 Å². The van der Waals surface area contributed by atoms with Crippen LogP contribution < -0.4 is 5.32 Å². The minimum Gasteiger partial charge on any atom is -0.446 e. The van der Waals surface area contributed by atoms with E-state index in [0.717, 1.165) is 0 Å². The molecule has 6 heteroatoms. The van der Waals surface area contributed by atoms with E-state index in [1.54, 1.807) is 39.8 Å². The van der Waals surface area contributed by atoms with Gasteiger partial charge >= 0.3 is 6.09 Å². The zero-order valence-electron chi connectivity index (χ0n) is 11.5. The Labute approximate surface area is 120 Å². The van der Waals surface area contributed by atoms with Crippen molar-refractivity contribution < 1.29 is 18.7 Å². The second kappa shape index (κ2) is 6.23. The molecule has 0 aromatic carbocycles. The minimum atomic E-state index is -0.556. The minimum absolute atomic E-state index is 0.152. The van der Waals surface area contributed by atoms with Crippen molar-refractivity contribution in [3.63, 3.8) is 0 Å². The van der Waals surface area contributed by atoms with Crippen LogP contribution in [0.3, 0.4) is 0 Å². The number of Topliss-reactive ketones (excluding diaryl/α,β-unsaturated/α-hetero) is 1. The molecule has 0 saturated carbocycles. The smallest absolute Gasteiger partial charge is 0.407 e. The van der Waals surface area contributed by atoms with Gasteiger partial charge in [-0.3, -0.25) is 4.79 Å². The monoisotopic (exact) mass is 331 g/mol. The number of nitrogens with one attached hydrogen (secondary N) is 1. The normalized spacial score (nSPS) is 12.9. The van der Waals surface area contributed by atoms with Crippen molar-refractivity contribution in [3.8, 4) is 0 Å². The van der Waals surface area contributed by atoms with Crippen molar-refractivity contribution in [1.82, 2.24) is 5.32 Å². The van der Waals surface area contributed by atoms with Gasteiger partial charge in [0.2, 0.25) is 0 Å². The van der Waals surface area contributed by atoms with E-state index in [1.165, 1.54) is 0 Å². The molecule has 1 aromatic rings. The zero-order chi connectivity index (χ0) is 14.6. The van der Waals surface area contributed by atoms with Gasteiger partial charge < -0.3 is 14.5 Å². The first-order valence-electron chi connectivity index (χ1n) is 5.95. The van der Waals surface area contributed by atoms with E-state index in [0.29, 0.717) is 4.67 Å². The molecular weight excluding hydrogens is 314 g/mol. The van der Waals surface area contributed by atoms with Gasteiger partial charge in [-0.15, -0.1) is 0 Å². The first-order valence-corrected chi connectivity index (χ1v) is 6.75. The highest BCUT2D eigenvalue weighted by Crippen LogP contribution is 2.16. The molecule has 1 rings (SSSR count). The number of carbonyl (C=O) groups excluding carboxylic acids is 2. The van der Waals surface area contributed by atoms with Gasteiger partial charge in [0.15, 0.2) is 16.2 Å². The number of hydrogen-bond donors (Lipinski definition) is 1. The van der Waals surface area contributed by atoms with Crippen molar-refractivity contribution in [3.05, 3.63) is 22.6 Å². The van der Waals surface area contributed by atoms with E-state index in [2.05, 4.69) is 21.2 Å². The summed E-state index contributed by atoms with van der Waals surface area (Å²) < 4.78 is 10.8. The molecule has 0 fully saturated rings. The third-order valence-corrected chi connectivity index (χ3v) is 2.53. The van der Waals surface area contributed by atoms with Crippen molar-refractivity contribution in [2.75, 3.05) is 0 Å². The molecule has 19 heavy (non-hydrogen) atoms. The van der Waals surface area contributed by atoms with Gasteiger partial charge in [-0.25, -0.2) is 4.79 Å². The number of ketones is 1. The Bertz CT molecular complexity index is 461. The van der Waals surface area contributed by atoms with Crippen LogP contribution >= 0.6 is 15.9 Å². The zero-order valence-corrected chi connectivity index (χ0v) is 13.0. The molecule has 1 atom stereocenters. The Balaban J connectivity index is 2.45. The Kier molecular flexibility index (Phi) is 5.17. The van der Waals surface area contributed by atoms with Crippen LogP contribution in [-0.2, 0) is 4.74 Å². The first-order chi connectivity index (χ1) is 8.67. The van der Waals surface area contributed by atoms with Gasteiger partial charge in [0.1, 0.15) is 5.60 Å². The molecule has 0 aliphatic heterocycles. The maximum Gasteiger partial charge on any atom is 0.407 e. The quantitative estimate of drug-likeness (QED) is 0.857. The third kappa shape index (κ3) is 5.92. The fourth-order valence-electron chi connectivity index (χ4n) is 1.40. The third-order valence-electron chi connectivity index (χ3n) is 2.10. The molecule has 0 radical (unpaired) electrons. The van der Waals surface area contributed by atoms with Crippen LogP contribution in [0.2, 0.25) is 0 Å². The fourth-order valence-corrected chi connectivity index (χ4v) is 1.71. The second-order valence-corrected chi connectivity index (χ2v) is 6.06. The van der Waals surface area contributed by atoms with Crippen LogP contribution in [0.4, 0.5) is 4.79 Å². The number of furan rings is 1. The Morgan fingerprint density at radius 1 is 1.42 bits per heavy atom. The van der Waals surface area contributed by atoms with Crippen LogP contribution in [0, 0.1) is 0 Å². The molecule has 1 aromatic heterocycles. The van der Waals surface area contributed by atoms with Gasteiger partial charge in [-0.05, 0) is 55.8 Å². The SMILES string of the molecule is CC(CC(=O)c1ccc(Br)o1)NC(=O)OC(C)(C)C. The summed E-state index contributed by atoms with van der Waals surface area (Å²) in [6.07, 6.45) is -0.382. The van der Waals surface area contributed by atoms with E-state index in [1.807, 2.05) is 0 Å². The highest BCUT2D eigenvalue weighted by molar-refractivity contribution is 9.10. The van der Waals surface area contributed by atoms with Crippen molar-refractivity contribution in [1.29, 1.82) is 0 Å². The molecule has 0 aliphatic rings. The lowest BCUT2D eigenvalue weighted by Crippen LogP contribution is -2.38. The number of rotatable bonds is 4. The van der Waals surface area contributed by atoms with Crippen LogP contribution in [0.15, 0.2) is 21.2 Å². The average Bonchev–Trinajstić information content (AvgIpc) is 2.61. The topological polar surface area (TPSA) is 68.5 Å². The number of hydrogen-bond acceptors (Lipinski definition) is 4. The van der Waals surface area contributed by atoms with Crippen LogP contribution in [0.25, 0.3) is 0 Å². The molecule has 106 valence electrons. The lowest BCUT2D eigenvalue weighted by atomic mass is 10.1. The lowest BCUT2D eigenvalue weighted by Gasteiger charge is -2.21. The summed E-state index contributed by atoms with van der Waals surface area (Å²) in [5.74, 6) is 0.0963. The number of alkyl carbamates (subject to hydrolysis) is 1. The highest BCUT2D eigenvalue weighted by atomic mass is 79.9. The van der Waals surface area contributed by atoms with E-state index in [9.17, 15) is 9.59 Å². The largest absolute Gasteiger partial charge is 0.446 e. The summed E-state index contributed by atoms with van der Waals surface area (Å²) in [6, 6.07) is 2.91. The maximum absolute atomic E-state index is 11.8. The Hall–Kier alpha value is -1.30. The maximum atomic E-state index is 11.8. The fraction of sp³-hybridized carbons (Fsp3) is 0.538. The van der Waals surface area contributed by atoms with Crippen molar-refractivity contribution in [2.24, 2.45) is 0 Å². The summed E-state index contributed by atoms with van der Waals surface area (Å²) in [5.41, 5.74) is -0.556. The number of ether oxygens (including phenoxy) is 1. The summed E-state index contributed by atoms with van der Waals surface area (Å²) in [5, 5.41) is 2.61. The molecule has 1 N–H and O–H groups in total. The molecule has 0 bridgehead atoms. The second-order valence-electron chi connectivity index (χ2n) is 5.28. The summed E-state index contributed by atoms with van der Waals surface area (Å²) in [7, 11) is 0. The van der Waals surface area contributed by atoms with Gasteiger partial charge in [-0.2, -0.15) is 0 Å². The van der Waals surface area contributed by atoms with E-state index >= 15 is 0 Å². The molecule has 0 aliphatic carbocycles. The van der Waals surface area contributed by atoms with Crippen LogP contribution in [-0.4, -0.2) is 23.5 Å². The number of halogens is 1. The standard InChI is InChI=1S/C13H18BrNO4/c1-8(15-12(17)19-13(2,3)4)7-9(16)10-5-6-11(14)18-10/h5-6,8H,7H2,1-4H3,(H,15,17). The van der Waals surface area contributed by atoms with E-state index in [4.69, 9.17) is 9.15 Å². The van der Waals surface area contributed by atoms with E-state index < -0.39 is 11.7 Å². The molecule has 1 amide bonds. The lowest BCUT2D eigenvalue weighted by molar-refractivity contribution is 0.0506. The van der Waals surface area contributed by atoms with Gasteiger partial charge in [0.05, 0.1) is 0 Å². The molecule has 0 spiro atoms. The number of carbonyl (C=O) groups is 2. The van der Waals surface area contributed by atoms with Crippen LogP contribution in [0.5, 0.6) is 0 Å². The molecular formula is C13H18BrNO4. The summed E-state index contributed by atoms with van der Waals surface area (Å²) >= 11 is 3.13. The predicted molar refractivity (Wildman–Crippen MR) is 74.2 cm³/mol. The highest BCUT2D eigenvalue weighted by Gasteiger charge is 2.20. The van der Waals surface area contributed by atoms with Gasteiger partial charge in [0, 0.05) is 12.5 Å². The predicted octanol–water partition coefficient (Wildman–Crippen LogP) is 3.53. The Morgan fingerprint density at radius 2 is 2.05 bits per heavy atom. The van der Waals surface area contributed by atoms with Crippen LogP contribution in [0.1, 0.15) is 44.7 Å². The van der Waals surface area contributed by atoms with Gasteiger partial charge in [-0.1, -0.05) is 0 Å². The molecule has 1 unspecified atom stereocenters. The van der Waals surface area contributed by atoms with Crippen molar-refractivity contribution >= 4 is 27.8 Å². The summed E-state index contributed by atoms with van der Waals surface area (Å²) in [4.78, 5) is 23.3. The average molecular weight is 332 g/mol. The number of amides is 1. The first kappa shape index (κ1) is 15.8. The molecule has 1 heterocycles. The van der Waals surface area contributed by atoms with Crippen molar-refractivity contribution in [2.45, 2.75) is 45.8 Å². The van der Waals surface area contributed by atoms with E-state index in [-0.39, 0.29) is 24.0 Å².